The van der Waals surface area contributed by atoms with Gasteiger partial charge in [0.25, 0.3) is 11.9 Å². The molecule has 0 spiro atoms. The van der Waals surface area contributed by atoms with Crippen LogP contribution in [0.3, 0.4) is 0 Å². The van der Waals surface area contributed by atoms with E-state index in [2.05, 4.69) is 15.4 Å². The smallest absolute Gasteiger partial charge is 0.259 e. The molecule has 158 valence electrons. The van der Waals surface area contributed by atoms with E-state index in [0.717, 1.165) is 52.7 Å². The molecule has 6 nitrogen and oxygen atoms in total. The van der Waals surface area contributed by atoms with Crippen LogP contribution in [0.25, 0.3) is 27.1 Å². The quantitative estimate of drug-likeness (QED) is 0.341. The summed E-state index contributed by atoms with van der Waals surface area (Å²) >= 11 is 13.7. The SMILES string of the molecule is O=C(Nc1nc2scc(-c3ccc(Cl)cc3)n2n1)c1c2c(nc3ccc(Cl)cc13)CCC2. The third kappa shape index (κ3) is 3.24. The molecule has 1 N–H and O–H groups in total. The summed E-state index contributed by atoms with van der Waals surface area (Å²) in [4.78, 5) is 23.3. The molecule has 0 radical (unpaired) electrons. The maximum absolute atomic E-state index is 13.4. The molecule has 32 heavy (non-hydrogen) atoms. The lowest BCUT2D eigenvalue weighted by molar-refractivity contribution is 0.102. The highest BCUT2D eigenvalue weighted by Crippen LogP contribution is 2.32. The van der Waals surface area contributed by atoms with Crippen LogP contribution in [0.15, 0.2) is 47.8 Å². The van der Waals surface area contributed by atoms with E-state index < -0.39 is 0 Å². The van der Waals surface area contributed by atoms with E-state index in [1.165, 1.54) is 11.3 Å². The van der Waals surface area contributed by atoms with Crippen LogP contribution < -0.4 is 5.32 Å². The molecule has 0 saturated carbocycles. The standard InChI is InChI=1S/C23H15Cl2N5OS/c24-13-6-4-12(5-7-13)19-11-32-23-28-22(29-30(19)23)27-21(31)20-15-2-1-3-17(15)26-18-9-8-14(25)10-16(18)20/h4-11H,1-3H2,(H,27,29,31). The molecule has 9 heteroatoms. The zero-order chi connectivity index (χ0) is 21.8. The van der Waals surface area contributed by atoms with Crippen molar-refractivity contribution < 1.29 is 4.79 Å². The lowest BCUT2D eigenvalue weighted by Crippen LogP contribution is -2.16. The number of carbonyl (C=O) groups excluding carboxylic acids is 1. The number of hydrogen-bond donors (Lipinski definition) is 1. The van der Waals surface area contributed by atoms with Gasteiger partial charge in [0.05, 0.1) is 16.8 Å². The Bertz CT molecular complexity index is 1520. The van der Waals surface area contributed by atoms with Gasteiger partial charge in [-0.25, -0.2) is 4.52 Å². The Morgan fingerprint density at radius 3 is 2.69 bits per heavy atom. The third-order valence-corrected chi connectivity index (χ3v) is 6.95. The minimum absolute atomic E-state index is 0.246. The Hall–Kier alpha value is -3.00. The van der Waals surface area contributed by atoms with Gasteiger partial charge in [-0.2, -0.15) is 4.98 Å². The number of hydrogen-bond acceptors (Lipinski definition) is 5. The van der Waals surface area contributed by atoms with Gasteiger partial charge in [0.2, 0.25) is 4.96 Å². The average molecular weight is 480 g/mol. The Kier molecular flexibility index (Phi) is 4.64. The number of thiazole rings is 1. The molecule has 6 rings (SSSR count). The van der Waals surface area contributed by atoms with Gasteiger partial charge in [-0.15, -0.1) is 16.4 Å². The van der Waals surface area contributed by atoms with Crippen LogP contribution in [0.2, 0.25) is 10.0 Å². The largest absolute Gasteiger partial charge is 0.289 e. The number of aryl methyl sites for hydroxylation is 1. The number of nitrogens with one attached hydrogen (secondary N) is 1. The number of pyridine rings is 1. The van der Waals surface area contributed by atoms with Crippen molar-refractivity contribution in [3.63, 3.8) is 0 Å². The molecule has 0 saturated heterocycles. The highest BCUT2D eigenvalue weighted by Gasteiger charge is 2.25. The number of nitrogens with zero attached hydrogens (tertiary/aromatic N) is 4. The van der Waals surface area contributed by atoms with Crippen molar-refractivity contribution in [3.8, 4) is 11.3 Å². The molecule has 0 fully saturated rings. The fourth-order valence-corrected chi connectivity index (χ4v) is 5.34. The molecular formula is C23H15Cl2N5OS. The van der Waals surface area contributed by atoms with Crippen molar-refractivity contribution in [1.29, 1.82) is 0 Å². The Balaban J connectivity index is 1.40. The highest BCUT2D eigenvalue weighted by atomic mass is 35.5. The van der Waals surface area contributed by atoms with Gasteiger partial charge < -0.3 is 0 Å². The van der Waals surface area contributed by atoms with Gasteiger partial charge in [-0.05, 0) is 55.2 Å². The number of anilines is 1. The number of carbonyl (C=O) groups is 1. The average Bonchev–Trinajstić information content (AvgIpc) is 3.48. The third-order valence-electron chi connectivity index (χ3n) is 5.65. The summed E-state index contributed by atoms with van der Waals surface area (Å²) in [5.41, 5.74) is 5.20. The maximum Gasteiger partial charge on any atom is 0.259 e. The second-order valence-electron chi connectivity index (χ2n) is 7.64. The zero-order valence-electron chi connectivity index (χ0n) is 16.6. The van der Waals surface area contributed by atoms with Crippen molar-refractivity contribution in [2.45, 2.75) is 19.3 Å². The number of benzene rings is 2. The van der Waals surface area contributed by atoms with Crippen molar-refractivity contribution in [3.05, 3.63) is 74.7 Å². The normalized spacial score (nSPS) is 13.1. The van der Waals surface area contributed by atoms with Crippen LogP contribution in [-0.4, -0.2) is 25.5 Å². The van der Waals surface area contributed by atoms with E-state index in [-0.39, 0.29) is 11.9 Å². The molecule has 0 aliphatic heterocycles. The van der Waals surface area contributed by atoms with Crippen LogP contribution in [0.4, 0.5) is 5.95 Å². The molecule has 5 aromatic rings. The van der Waals surface area contributed by atoms with Crippen LogP contribution in [0.1, 0.15) is 28.0 Å². The topological polar surface area (TPSA) is 72.2 Å². The van der Waals surface area contributed by atoms with Gasteiger partial charge in [-0.3, -0.25) is 15.1 Å². The first-order valence-electron chi connectivity index (χ1n) is 10.1. The highest BCUT2D eigenvalue weighted by molar-refractivity contribution is 7.15. The van der Waals surface area contributed by atoms with Gasteiger partial charge >= 0.3 is 0 Å². The second-order valence-corrected chi connectivity index (χ2v) is 9.35. The van der Waals surface area contributed by atoms with E-state index in [4.69, 9.17) is 28.2 Å². The minimum atomic E-state index is -0.246. The van der Waals surface area contributed by atoms with E-state index in [1.807, 2.05) is 35.7 Å². The van der Waals surface area contributed by atoms with Crippen molar-refractivity contribution >= 4 is 62.3 Å². The number of fused-ring (bicyclic) bond motifs is 3. The fraction of sp³-hybridized carbons (Fsp3) is 0.130. The van der Waals surface area contributed by atoms with Crippen molar-refractivity contribution in [2.75, 3.05) is 5.32 Å². The summed E-state index contributed by atoms with van der Waals surface area (Å²) in [6.45, 7) is 0. The summed E-state index contributed by atoms with van der Waals surface area (Å²) in [7, 11) is 0. The number of aromatic nitrogens is 4. The molecule has 0 unspecified atom stereocenters. The molecular weight excluding hydrogens is 465 g/mol. The molecule has 3 aromatic heterocycles. The van der Waals surface area contributed by atoms with Crippen LogP contribution in [0, 0.1) is 0 Å². The number of halogens is 2. The molecule has 3 heterocycles. The van der Waals surface area contributed by atoms with Crippen LogP contribution >= 0.6 is 34.5 Å². The predicted molar refractivity (Wildman–Crippen MR) is 128 cm³/mol. The van der Waals surface area contributed by atoms with E-state index in [0.29, 0.717) is 20.6 Å². The maximum atomic E-state index is 13.4. The van der Waals surface area contributed by atoms with Gasteiger partial charge in [-0.1, -0.05) is 35.3 Å². The van der Waals surface area contributed by atoms with E-state index in [9.17, 15) is 4.79 Å². The monoisotopic (exact) mass is 479 g/mol. The second kappa shape index (κ2) is 7.55. The first-order chi connectivity index (χ1) is 15.6. The van der Waals surface area contributed by atoms with E-state index >= 15 is 0 Å². The Labute approximate surface area is 196 Å². The van der Waals surface area contributed by atoms with Crippen LogP contribution in [-0.2, 0) is 12.8 Å². The van der Waals surface area contributed by atoms with E-state index in [1.54, 1.807) is 16.6 Å². The summed E-state index contributed by atoms with van der Waals surface area (Å²) in [6.07, 6.45) is 2.67. The molecule has 0 atom stereocenters. The molecule has 1 aliphatic rings. The Morgan fingerprint density at radius 2 is 1.84 bits per heavy atom. The molecule has 1 aliphatic carbocycles. The van der Waals surface area contributed by atoms with Gasteiger partial charge in [0, 0.05) is 32.1 Å². The molecule has 1 amide bonds. The number of amides is 1. The zero-order valence-corrected chi connectivity index (χ0v) is 18.9. The van der Waals surface area contributed by atoms with Crippen LogP contribution in [0.5, 0.6) is 0 Å². The summed E-state index contributed by atoms with van der Waals surface area (Å²) < 4.78 is 1.73. The molecule has 2 aromatic carbocycles. The predicted octanol–water partition coefficient (Wildman–Crippen LogP) is 6.05. The first-order valence-corrected chi connectivity index (χ1v) is 11.7. The lowest BCUT2D eigenvalue weighted by atomic mass is 10.0. The van der Waals surface area contributed by atoms with Crippen molar-refractivity contribution in [2.24, 2.45) is 0 Å². The fourth-order valence-electron chi connectivity index (χ4n) is 4.21. The minimum Gasteiger partial charge on any atom is -0.289 e. The van der Waals surface area contributed by atoms with Gasteiger partial charge in [0.1, 0.15) is 0 Å². The first kappa shape index (κ1) is 19.7. The summed E-state index contributed by atoms with van der Waals surface area (Å²) in [5, 5.41) is 11.4. The van der Waals surface area contributed by atoms with Gasteiger partial charge in [0.15, 0.2) is 0 Å². The van der Waals surface area contributed by atoms with Crippen molar-refractivity contribution in [1.82, 2.24) is 19.6 Å². The molecule has 0 bridgehead atoms. The summed E-state index contributed by atoms with van der Waals surface area (Å²) in [5.74, 6) is 0.0138. The Morgan fingerprint density at radius 1 is 1.03 bits per heavy atom. The number of rotatable bonds is 3. The summed E-state index contributed by atoms with van der Waals surface area (Å²) in [6, 6.07) is 13.0. The lowest BCUT2D eigenvalue weighted by Gasteiger charge is -2.12.